The predicted octanol–water partition coefficient (Wildman–Crippen LogP) is 3.96. The topological polar surface area (TPSA) is 90.3 Å². The van der Waals surface area contributed by atoms with Crippen molar-refractivity contribution in [3.05, 3.63) is 46.6 Å². The monoisotopic (exact) mass is 473 g/mol. The summed E-state index contributed by atoms with van der Waals surface area (Å²) in [5.41, 5.74) is 2.09. The zero-order chi connectivity index (χ0) is 21.5. The Morgan fingerprint density at radius 1 is 1.13 bits per heavy atom. The average Bonchev–Trinajstić information content (AvgIpc) is 2.74. The van der Waals surface area contributed by atoms with Crippen LogP contribution < -0.4 is 9.64 Å². The maximum atomic E-state index is 11.7. The van der Waals surface area contributed by atoms with E-state index in [1.165, 1.54) is 12.4 Å². The number of aryl methyl sites for hydroxylation is 1. The molecule has 0 saturated carbocycles. The van der Waals surface area contributed by atoms with Crippen molar-refractivity contribution in [1.29, 1.82) is 0 Å². The van der Waals surface area contributed by atoms with Gasteiger partial charge in [-0.15, -0.1) is 0 Å². The third-order valence-electron chi connectivity index (χ3n) is 4.50. The summed E-state index contributed by atoms with van der Waals surface area (Å²) in [5.74, 6) is 0.898. The van der Waals surface area contributed by atoms with Crippen molar-refractivity contribution in [2.75, 3.05) is 31.7 Å². The molecule has 0 fully saturated rings. The number of unbranched alkanes of at least 4 members (excludes halogenated alkanes) is 1. The highest BCUT2D eigenvalue weighted by atomic mass is 79.9. The van der Waals surface area contributed by atoms with Crippen molar-refractivity contribution < 1.29 is 14.3 Å². The first-order chi connectivity index (χ1) is 14.5. The first-order valence-electron chi connectivity index (χ1n) is 9.73. The highest BCUT2D eigenvalue weighted by Gasteiger charge is 2.11. The molecule has 0 aliphatic carbocycles. The Balaban J connectivity index is 1.49. The van der Waals surface area contributed by atoms with Gasteiger partial charge in [0.05, 0.1) is 18.8 Å². The lowest BCUT2D eigenvalue weighted by Gasteiger charge is -2.17. The molecule has 3 aromatic rings. The lowest BCUT2D eigenvalue weighted by molar-refractivity contribution is 0.0525. The fourth-order valence-corrected chi connectivity index (χ4v) is 3.34. The highest BCUT2D eigenvalue weighted by Crippen LogP contribution is 2.29. The summed E-state index contributed by atoms with van der Waals surface area (Å²) in [7, 11) is 1.92. The molecular formula is C21H24BrN5O3. The van der Waals surface area contributed by atoms with E-state index in [4.69, 9.17) is 9.47 Å². The number of benzene rings is 1. The van der Waals surface area contributed by atoms with Crippen molar-refractivity contribution in [1.82, 2.24) is 19.9 Å². The molecule has 0 unspecified atom stereocenters. The molecule has 1 aromatic carbocycles. The van der Waals surface area contributed by atoms with Crippen LogP contribution in [0.2, 0.25) is 0 Å². The Kier molecular flexibility index (Phi) is 7.51. The number of ether oxygens (including phenoxy) is 2. The molecule has 0 spiro atoms. The largest absolute Gasteiger partial charge is 0.491 e. The van der Waals surface area contributed by atoms with Gasteiger partial charge in [0, 0.05) is 41.5 Å². The highest BCUT2D eigenvalue weighted by molar-refractivity contribution is 9.10. The molecule has 0 saturated heterocycles. The van der Waals surface area contributed by atoms with E-state index in [1.807, 2.05) is 31.0 Å². The normalized spacial score (nSPS) is 10.8. The number of carbonyl (C=O) groups excluding carboxylic acids is 1. The zero-order valence-corrected chi connectivity index (χ0v) is 18.8. The van der Waals surface area contributed by atoms with Crippen LogP contribution in [0.3, 0.4) is 0 Å². The number of aromatic nitrogens is 4. The minimum atomic E-state index is -0.413. The first-order valence-corrected chi connectivity index (χ1v) is 10.5. The van der Waals surface area contributed by atoms with Gasteiger partial charge in [0.15, 0.2) is 0 Å². The number of fused-ring (bicyclic) bond motifs is 1. The van der Waals surface area contributed by atoms with Gasteiger partial charge in [-0.3, -0.25) is 0 Å². The third-order valence-corrected chi connectivity index (χ3v) is 4.96. The van der Waals surface area contributed by atoms with Gasteiger partial charge in [0.1, 0.15) is 17.6 Å². The van der Waals surface area contributed by atoms with Gasteiger partial charge in [0.25, 0.3) is 0 Å². The van der Waals surface area contributed by atoms with Gasteiger partial charge in [-0.2, -0.15) is 0 Å². The number of carbonyl (C=O) groups is 1. The molecule has 158 valence electrons. The smallest absolute Gasteiger partial charge is 0.341 e. The van der Waals surface area contributed by atoms with Crippen LogP contribution in [0, 0.1) is 6.92 Å². The van der Waals surface area contributed by atoms with Crippen molar-refractivity contribution >= 4 is 38.8 Å². The number of anilines is 1. The second-order valence-corrected chi connectivity index (χ2v) is 7.64. The fourth-order valence-electron chi connectivity index (χ4n) is 2.91. The summed E-state index contributed by atoms with van der Waals surface area (Å²) >= 11 is 3.52. The van der Waals surface area contributed by atoms with E-state index in [-0.39, 0.29) is 0 Å². The van der Waals surface area contributed by atoms with Crippen LogP contribution in [0.5, 0.6) is 5.75 Å². The van der Waals surface area contributed by atoms with E-state index in [1.54, 1.807) is 13.3 Å². The van der Waals surface area contributed by atoms with Crippen molar-refractivity contribution in [2.45, 2.75) is 26.7 Å². The Hall–Kier alpha value is -2.81. The maximum Gasteiger partial charge on any atom is 0.341 e. The van der Waals surface area contributed by atoms with Crippen molar-refractivity contribution in [3.63, 3.8) is 0 Å². The predicted molar refractivity (Wildman–Crippen MR) is 118 cm³/mol. The molecular weight excluding hydrogens is 450 g/mol. The number of rotatable bonds is 9. The molecule has 2 heterocycles. The zero-order valence-electron chi connectivity index (χ0n) is 17.3. The molecule has 0 bridgehead atoms. The van der Waals surface area contributed by atoms with Crippen LogP contribution >= 0.6 is 15.9 Å². The Morgan fingerprint density at radius 2 is 1.90 bits per heavy atom. The average molecular weight is 474 g/mol. The van der Waals surface area contributed by atoms with Crippen LogP contribution in [0.15, 0.2) is 35.3 Å². The number of esters is 1. The summed E-state index contributed by atoms with van der Waals surface area (Å²) in [5, 5.41) is 0.977. The van der Waals surface area contributed by atoms with Gasteiger partial charge in [-0.25, -0.2) is 24.7 Å². The molecule has 9 heteroatoms. The second kappa shape index (κ2) is 10.3. The molecule has 3 rings (SSSR count). The van der Waals surface area contributed by atoms with Crippen LogP contribution in [-0.2, 0) is 4.74 Å². The van der Waals surface area contributed by atoms with E-state index < -0.39 is 5.97 Å². The number of nitrogens with zero attached hydrogens (tertiary/aromatic N) is 5. The SMILES string of the molecule is CCOC(=O)c1cnc(N(C)CCCCOc2cc(Br)cc3c(C)ncnc23)nc1. The molecule has 0 radical (unpaired) electrons. The van der Waals surface area contributed by atoms with Gasteiger partial charge < -0.3 is 14.4 Å². The van der Waals surface area contributed by atoms with Gasteiger partial charge >= 0.3 is 5.97 Å². The quantitative estimate of drug-likeness (QED) is 0.340. The third kappa shape index (κ3) is 5.41. The lowest BCUT2D eigenvalue weighted by Crippen LogP contribution is -2.21. The fraction of sp³-hybridized carbons (Fsp3) is 0.381. The van der Waals surface area contributed by atoms with E-state index in [0.717, 1.165) is 46.2 Å². The van der Waals surface area contributed by atoms with Crippen LogP contribution in [0.1, 0.15) is 35.8 Å². The lowest BCUT2D eigenvalue weighted by atomic mass is 10.2. The molecule has 0 amide bonds. The Bertz CT molecular complexity index is 1010. The van der Waals surface area contributed by atoms with E-state index in [9.17, 15) is 4.79 Å². The van der Waals surface area contributed by atoms with E-state index >= 15 is 0 Å². The minimum absolute atomic E-state index is 0.324. The first kappa shape index (κ1) is 21.9. The van der Waals surface area contributed by atoms with Crippen LogP contribution in [0.4, 0.5) is 5.95 Å². The molecule has 8 nitrogen and oxygen atoms in total. The van der Waals surface area contributed by atoms with E-state index in [2.05, 4.69) is 35.9 Å². The molecule has 0 atom stereocenters. The van der Waals surface area contributed by atoms with Gasteiger partial charge in [-0.05, 0) is 38.8 Å². The second-order valence-electron chi connectivity index (χ2n) is 6.73. The van der Waals surface area contributed by atoms with Gasteiger partial charge in [-0.1, -0.05) is 15.9 Å². The van der Waals surface area contributed by atoms with Gasteiger partial charge in [0.2, 0.25) is 5.95 Å². The molecule has 0 aliphatic rings. The molecule has 0 aliphatic heterocycles. The Morgan fingerprint density at radius 3 is 2.63 bits per heavy atom. The van der Waals surface area contributed by atoms with Crippen LogP contribution in [-0.4, -0.2) is 52.7 Å². The standard InChI is InChI=1S/C21H24BrN5O3/c1-4-29-20(28)15-11-23-21(24-12-15)27(3)7-5-6-8-30-18-10-16(22)9-17-14(2)25-13-26-19(17)18/h9-13H,4-8H2,1-3H3. The van der Waals surface area contributed by atoms with E-state index in [0.29, 0.717) is 24.7 Å². The minimum Gasteiger partial charge on any atom is -0.491 e. The summed E-state index contributed by atoms with van der Waals surface area (Å²) < 4.78 is 11.9. The number of hydrogen-bond donors (Lipinski definition) is 0. The molecule has 0 N–H and O–H groups in total. The Labute approximate surface area is 183 Å². The number of halogens is 1. The summed E-state index contributed by atoms with van der Waals surface area (Å²) in [6.45, 7) is 5.38. The summed E-state index contributed by atoms with van der Waals surface area (Å²) in [6.07, 6.45) is 6.30. The maximum absolute atomic E-state index is 11.7. The molecule has 30 heavy (non-hydrogen) atoms. The van der Waals surface area contributed by atoms with Crippen molar-refractivity contribution in [3.8, 4) is 5.75 Å². The summed E-state index contributed by atoms with van der Waals surface area (Å²) in [6, 6.07) is 3.93. The number of hydrogen-bond acceptors (Lipinski definition) is 8. The summed E-state index contributed by atoms with van der Waals surface area (Å²) in [4.78, 5) is 30.7. The van der Waals surface area contributed by atoms with Crippen molar-refractivity contribution in [2.24, 2.45) is 0 Å². The van der Waals surface area contributed by atoms with Crippen LogP contribution in [0.25, 0.3) is 10.9 Å². The molecule has 2 aromatic heterocycles.